The minimum Gasteiger partial charge on any atom is -0.308 e. The lowest BCUT2D eigenvalue weighted by atomic mass is 10.3. The van der Waals surface area contributed by atoms with Crippen molar-refractivity contribution in [1.82, 2.24) is 0 Å². The second kappa shape index (κ2) is 7.03. The molecule has 1 N–H and O–H groups in total. The average Bonchev–Trinajstić information content (AvgIpc) is 2.43. The van der Waals surface area contributed by atoms with E-state index in [1.165, 1.54) is 4.90 Å². The molecule has 0 fully saturated rings. The van der Waals surface area contributed by atoms with Gasteiger partial charge in [0.25, 0.3) is 0 Å². The van der Waals surface area contributed by atoms with Crippen molar-refractivity contribution in [1.29, 1.82) is 0 Å². The first-order valence-corrected chi connectivity index (χ1v) is 7.42. The first-order valence-electron chi connectivity index (χ1n) is 6.23. The molecule has 2 aromatic carbocycles. The first-order chi connectivity index (χ1) is 9.97. The van der Waals surface area contributed by atoms with Gasteiger partial charge in [0.05, 0.1) is 0 Å². The van der Waals surface area contributed by atoms with E-state index in [1.54, 1.807) is 55.5 Å². The molecule has 1 unspecified atom stereocenters. The van der Waals surface area contributed by atoms with Gasteiger partial charge >= 0.3 is 6.03 Å². The zero-order valence-electron chi connectivity index (χ0n) is 11.2. The van der Waals surface area contributed by atoms with E-state index >= 15 is 0 Å². The summed E-state index contributed by atoms with van der Waals surface area (Å²) in [5.74, 6) is 0. The molecule has 0 radical (unpaired) electrons. The molecule has 0 spiro atoms. The Morgan fingerprint density at radius 2 is 1.48 bits per heavy atom. The van der Waals surface area contributed by atoms with Gasteiger partial charge in [0.2, 0.25) is 0 Å². The fourth-order valence-electron chi connectivity index (χ4n) is 1.80. The Morgan fingerprint density at radius 1 is 1.00 bits per heavy atom. The number of nitrogens with one attached hydrogen (secondary N) is 1. The summed E-state index contributed by atoms with van der Waals surface area (Å²) < 4.78 is 0. The lowest BCUT2D eigenvalue weighted by Crippen LogP contribution is -2.39. The van der Waals surface area contributed by atoms with Gasteiger partial charge in [0.15, 0.2) is 0 Å². The molecule has 0 aliphatic heterocycles. The summed E-state index contributed by atoms with van der Waals surface area (Å²) in [5, 5.41) is 3.98. The van der Waals surface area contributed by atoms with Crippen LogP contribution in [0.1, 0.15) is 6.92 Å². The van der Waals surface area contributed by atoms with Crippen LogP contribution in [0, 0.1) is 0 Å². The Bertz CT molecular complexity index is 612. The number of hydrogen-bond acceptors (Lipinski definition) is 1. The minimum atomic E-state index is -0.515. The maximum Gasteiger partial charge on any atom is 0.327 e. The fraction of sp³-hybridized carbons (Fsp3) is 0.133. The van der Waals surface area contributed by atoms with Crippen molar-refractivity contribution in [3.05, 3.63) is 58.6 Å². The Labute approximate surface area is 138 Å². The molecule has 0 heterocycles. The lowest BCUT2D eigenvalue weighted by molar-refractivity contribution is 0.256. The highest BCUT2D eigenvalue weighted by atomic mass is 35.5. The highest BCUT2D eigenvalue weighted by Crippen LogP contribution is 2.23. The van der Waals surface area contributed by atoms with Crippen LogP contribution in [0.5, 0.6) is 0 Å². The van der Waals surface area contributed by atoms with Crippen molar-refractivity contribution in [3.8, 4) is 0 Å². The molecule has 2 aromatic rings. The second-order valence-corrected chi connectivity index (χ2v) is 5.86. The summed E-state index contributed by atoms with van der Waals surface area (Å²) >= 11 is 17.8. The number of carbonyl (C=O) groups excluding carboxylic acids is 1. The van der Waals surface area contributed by atoms with Crippen molar-refractivity contribution < 1.29 is 4.79 Å². The summed E-state index contributed by atoms with van der Waals surface area (Å²) in [6.07, 6.45) is 0. The molecule has 0 aliphatic rings. The van der Waals surface area contributed by atoms with Crippen molar-refractivity contribution in [2.24, 2.45) is 0 Å². The predicted octanol–water partition coefficient (Wildman–Crippen LogP) is 5.62. The average molecular weight is 344 g/mol. The van der Waals surface area contributed by atoms with E-state index in [2.05, 4.69) is 5.32 Å². The van der Waals surface area contributed by atoms with Gasteiger partial charge in [-0.15, -0.1) is 0 Å². The van der Waals surface area contributed by atoms with Gasteiger partial charge in [-0.05, 0) is 55.5 Å². The van der Waals surface area contributed by atoms with Gasteiger partial charge in [-0.3, -0.25) is 4.90 Å². The fourth-order valence-corrected chi connectivity index (χ4v) is 2.26. The number of nitrogens with zero attached hydrogens (tertiary/aromatic N) is 1. The van der Waals surface area contributed by atoms with Crippen LogP contribution >= 0.6 is 34.8 Å². The SMILES string of the molecule is CC(Cl)N(C(=O)Nc1ccc(Cl)cc1)c1ccc(Cl)cc1. The molecule has 0 bridgehead atoms. The van der Waals surface area contributed by atoms with Crippen LogP contribution in [-0.2, 0) is 0 Å². The summed E-state index contributed by atoms with van der Waals surface area (Å²) in [5.41, 5.74) is 0.785. The van der Waals surface area contributed by atoms with Gasteiger partial charge in [0, 0.05) is 21.4 Å². The van der Waals surface area contributed by atoms with Crippen LogP contribution in [-0.4, -0.2) is 11.5 Å². The zero-order valence-corrected chi connectivity index (χ0v) is 13.5. The molecular formula is C15H13Cl3N2O. The molecule has 6 heteroatoms. The van der Waals surface area contributed by atoms with Gasteiger partial charge in [-0.2, -0.15) is 0 Å². The molecule has 0 aliphatic carbocycles. The third kappa shape index (κ3) is 4.27. The highest BCUT2D eigenvalue weighted by Gasteiger charge is 2.20. The number of anilines is 2. The Kier molecular flexibility index (Phi) is 5.34. The standard InChI is InChI=1S/C15H13Cl3N2O/c1-10(16)20(14-8-4-12(18)5-9-14)15(21)19-13-6-2-11(17)3-7-13/h2-10H,1H3,(H,19,21). The van der Waals surface area contributed by atoms with Gasteiger partial charge in [0.1, 0.15) is 5.50 Å². The van der Waals surface area contributed by atoms with Crippen LogP contribution in [0.4, 0.5) is 16.2 Å². The smallest absolute Gasteiger partial charge is 0.308 e. The number of urea groups is 1. The van der Waals surface area contributed by atoms with Gasteiger partial charge in [-0.1, -0.05) is 34.8 Å². The van der Waals surface area contributed by atoms with Crippen LogP contribution in [0.2, 0.25) is 10.0 Å². The van der Waals surface area contributed by atoms with Gasteiger partial charge in [-0.25, -0.2) is 4.79 Å². The molecule has 2 amide bonds. The number of rotatable bonds is 3. The van der Waals surface area contributed by atoms with E-state index < -0.39 is 5.50 Å². The summed E-state index contributed by atoms with van der Waals surface area (Å²) in [4.78, 5) is 13.8. The number of halogens is 3. The quantitative estimate of drug-likeness (QED) is 0.569. The monoisotopic (exact) mass is 342 g/mol. The molecule has 2 rings (SSSR count). The summed E-state index contributed by atoms with van der Waals surface area (Å²) in [6, 6.07) is 13.4. The molecule has 110 valence electrons. The number of benzene rings is 2. The molecule has 1 atom stereocenters. The highest BCUT2D eigenvalue weighted by molar-refractivity contribution is 6.31. The molecule has 3 nitrogen and oxygen atoms in total. The number of alkyl halides is 1. The maximum atomic E-state index is 12.4. The van der Waals surface area contributed by atoms with Crippen LogP contribution < -0.4 is 10.2 Å². The molecule has 21 heavy (non-hydrogen) atoms. The topological polar surface area (TPSA) is 32.3 Å². The van der Waals surface area contributed by atoms with Crippen LogP contribution in [0.15, 0.2) is 48.5 Å². The van der Waals surface area contributed by atoms with Crippen molar-refractivity contribution in [3.63, 3.8) is 0 Å². The third-order valence-corrected chi connectivity index (χ3v) is 3.47. The van der Waals surface area contributed by atoms with E-state index in [1.807, 2.05) is 0 Å². The Balaban J connectivity index is 2.19. The largest absolute Gasteiger partial charge is 0.327 e. The zero-order chi connectivity index (χ0) is 15.4. The van der Waals surface area contributed by atoms with Crippen molar-refractivity contribution in [2.75, 3.05) is 10.2 Å². The van der Waals surface area contributed by atoms with E-state index in [-0.39, 0.29) is 6.03 Å². The summed E-state index contributed by atoms with van der Waals surface area (Å²) in [6.45, 7) is 1.72. The van der Waals surface area contributed by atoms with Crippen molar-refractivity contribution >= 4 is 52.2 Å². The Morgan fingerprint density at radius 3 is 1.95 bits per heavy atom. The van der Waals surface area contributed by atoms with E-state index in [0.29, 0.717) is 21.4 Å². The molecule has 0 saturated carbocycles. The third-order valence-electron chi connectivity index (χ3n) is 2.77. The number of hydrogen-bond donors (Lipinski definition) is 1. The summed E-state index contributed by atoms with van der Waals surface area (Å²) in [7, 11) is 0. The minimum absolute atomic E-state index is 0.331. The van der Waals surface area contributed by atoms with E-state index in [0.717, 1.165) is 0 Å². The lowest BCUT2D eigenvalue weighted by Gasteiger charge is -2.25. The molecule has 0 saturated heterocycles. The van der Waals surface area contributed by atoms with Gasteiger partial charge < -0.3 is 5.32 Å². The normalized spacial score (nSPS) is 11.8. The predicted molar refractivity (Wildman–Crippen MR) is 89.7 cm³/mol. The molecular weight excluding hydrogens is 331 g/mol. The second-order valence-electron chi connectivity index (χ2n) is 4.36. The first kappa shape index (κ1) is 16.0. The maximum absolute atomic E-state index is 12.4. The van der Waals surface area contributed by atoms with E-state index in [4.69, 9.17) is 34.8 Å². The van der Waals surface area contributed by atoms with Crippen LogP contribution in [0.3, 0.4) is 0 Å². The Hall–Kier alpha value is -1.42. The van der Waals surface area contributed by atoms with Crippen molar-refractivity contribution in [2.45, 2.75) is 12.4 Å². The number of amides is 2. The van der Waals surface area contributed by atoms with Crippen LogP contribution in [0.25, 0.3) is 0 Å². The number of carbonyl (C=O) groups is 1. The molecule has 0 aromatic heterocycles. The van der Waals surface area contributed by atoms with E-state index in [9.17, 15) is 4.79 Å².